The van der Waals surface area contributed by atoms with Gasteiger partial charge in [-0.2, -0.15) is 4.68 Å². The zero-order valence-corrected chi connectivity index (χ0v) is 14.2. The summed E-state index contributed by atoms with van der Waals surface area (Å²) in [5, 5.41) is 4.51. The lowest BCUT2D eigenvalue weighted by molar-refractivity contribution is -0.118. The van der Waals surface area contributed by atoms with E-state index in [0.29, 0.717) is 28.3 Å². The van der Waals surface area contributed by atoms with Gasteiger partial charge in [-0.05, 0) is 36.2 Å². The number of hydrogen-bond donors (Lipinski definition) is 0. The molecule has 1 aliphatic heterocycles. The number of anilines is 1. The predicted octanol–water partition coefficient (Wildman–Crippen LogP) is 2.19. The number of benzene rings is 1. The van der Waals surface area contributed by atoms with Crippen LogP contribution in [0.5, 0.6) is 0 Å². The Kier molecular flexibility index (Phi) is 3.78. The van der Waals surface area contributed by atoms with Gasteiger partial charge in [0.15, 0.2) is 5.65 Å². The van der Waals surface area contributed by atoms with Crippen LogP contribution in [-0.2, 0) is 11.2 Å². The quantitative estimate of drug-likeness (QED) is 0.650. The summed E-state index contributed by atoms with van der Waals surface area (Å²) in [6, 6.07) is 5.91. The highest BCUT2D eigenvalue weighted by atomic mass is 35.5. The predicted molar refractivity (Wildman–Crippen MR) is 95.3 cm³/mol. The molecule has 3 heterocycles. The van der Waals surface area contributed by atoms with Crippen molar-refractivity contribution in [3.8, 4) is 18.0 Å². The Morgan fingerprint density at radius 2 is 2.04 bits per heavy atom. The second kappa shape index (κ2) is 6.00. The molecule has 6 nitrogen and oxygen atoms in total. The van der Waals surface area contributed by atoms with Gasteiger partial charge in [0.25, 0.3) is 0 Å². The van der Waals surface area contributed by atoms with Crippen molar-refractivity contribution in [3.63, 3.8) is 0 Å². The zero-order valence-electron chi connectivity index (χ0n) is 13.4. The number of carbonyl (C=O) groups excluding carboxylic acids is 1. The Morgan fingerprint density at radius 3 is 2.81 bits per heavy atom. The molecule has 0 bridgehead atoms. The maximum Gasteiger partial charge on any atom is 0.355 e. The number of fused-ring (bicyclic) bond motifs is 2. The standard InChI is InChI=1S/C18H12ClFN4O2/c1-2-7-22-14-9-15(13(20)8-11(14)3-6-17(22)25)24-18(26)23-10-12(19)4-5-16(23)21-24/h1,4-5,8-10H,3,6-7H2. The third-order valence-electron chi connectivity index (χ3n) is 4.31. The Hall–Kier alpha value is -3.11. The van der Waals surface area contributed by atoms with Crippen molar-refractivity contribution >= 4 is 28.8 Å². The summed E-state index contributed by atoms with van der Waals surface area (Å²) in [5.74, 6) is 1.69. The van der Waals surface area contributed by atoms with Crippen LogP contribution in [0.15, 0.2) is 35.3 Å². The lowest BCUT2D eigenvalue weighted by Gasteiger charge is -2.28. The van der Waals surface area contributed by atoms with E-state index in [0.717, 1.165) is 4.68 Å². The first-order valence-electron chi connectivity index (χ1n) is 7.83. The fraction of sp³-hybridized carbons (Fsp3) is 0.167. The second-order valence-corrected chi connectivity index (χ2v) is 6.32. The fourth-order valence-electron chi connectivity index (χ4n) is 3.09. The molecule has 3 aromatic rings. The number of pyridine rings is 1. The molecule has 0 fully saturated rings. The number of rotatable bonds is 2. The molecular formula is C18H12ClFN4O2. The van der Waals surface area contributed by atoms with Gasteiger partial charge in [-0.3, -0.25) is 4.79 Å². The summed E-state index contributed by atoms with van der Waals surface area (Å²) < 4.78 is 16.9. The second-order valence-electron chi connectivity index (χ2n) is 5.89. The third-order valence-corrected chi connectivity index (χ3v) is 4.53. The average molecular weight is 371 g/mol. The molecule has 0 spiro atoms. The molecule has 8 heteroatoms. The van der Waals surface area contributed by atoms with Gasteiger partial charge in [0.05, 0.1) is 17.3 Å². The molecule has 0 atom stereocenters. The summed E-state index contributed by atoms with van der Waals surface area (Å²) in [7, 11) is 0. The molecule has 130 valence electrons. The van der Waals surface area contributed by atoms with Crippen LogP contribution in [0.25, 0.3) is 11.3 Å². The van der Waals surface area contributed by atoms with Crippen molar-refractivity contribution in [2.45, 2.75) is 12.8 Å². The molecule has 2 aromatic heterocycles. The van der Waals surface area contributed by atoms with E-state index in [1.807, 2.05) is 0 Å². The maximum atomic E-state index is 14.7. The highest BCUT2D eigenvalue weighted by molar-refractivity contribution is 6.30. The molecule has 4 rings (SSSR count). The van der Waals surface area contributed by atoms with Crippen molar-refractivity contribution < 1.29 is 9.18 Å². The number of hydrogen-bond acceptors (Lipinski definition) is 3. The van der Waals surface area contributed by atoms with Gasteiger partial charge in [0.1, 0.15) is 11.5 Å². The molecule has 26 heavy (non-hydrogen) atoms. The first-order chi connectivity index (χ1) is 12.5. The van der Waals surface area contributed by atoms with Gasteiger partial charge in [0.2, 0.25) is 5.91 Å². The van der Waals surface area contributed by atoms with Crippen LogP contribution in [0, 0.1) is 18.2 Å². The summed E-state index contributed by atoms with van der Waals surface area (Å²) in [4.78, 5) is 26.2. The number of amides is 1. The molecule has 0 aliphatic carbocycles. The van der Waals surface area contributed by atoms with Crippen LogP contribution < -0.4 is 10.6 Å². The number of aromatic nitrogens is 3. The van der Waals surface area contributed by atoms with E-state index in [1.54, 1.807) is 12.1 Å². The Bertz CT molecular complexity index is 1160. The number of halogens is 2. The largest absolute Gasteiger partial charge is 0.355 e. The van der Waals surface area contributed by atoms with Gasteiger partial charge in [-0.15, -0.1) is 11.5 Å². The summed E-state index contributed by atoms with van der Waals surface area (Å²) in [5.41, 5.74) is 0.879. The van der Waals surface area contributed by atoms with Crippen LogP contribution >= 0.6 is 11.6 Å². The molecule has 1 aliphatic rings. The van der Waals surface area contributed by atoms with Crippen LogP contribution in [0.4, 0.5) is 10.1 Å². The zero-order chi connectivity index (χ0) is 18.4. The Morgan fingerprint density at radius 1 is 1.23 bits per heavy atom. The minimum absolute atomic E-state index is 0.0507. The molecule has 1 amide bonds. The first kappa shape index (κ1) is 16.4. The van der Waals surface area contributed by atoms with E-state index in [-0.39, 0.29) is 24.6 Å². The number of carbonyl (C=O) groups is 1. The monoisotopic (exact) mass is 370 g/mol. The molecule has 1 aromatic carbocycles. The van der Waals surface area contributed by atoms with E-state index in [2.05, 4.69) is 11.0 Å². The van der Waals surface area contributed by atoms with Gasteiger partial charge in [0, 0.05) is 12.6 Å². The van der Waals surface area contributed by atoms with Crippen LogP contribution in [0.3, 0.4) is 0 Å². The lowest BCUT2D eigenvalue weighted by Crippen LogP contribution is -2.35. The van der Waals surface area contributed by atoms with Gasteiger partial charge >= 0.3 is 5.69 Å². The lowest BCUT2D eigenvalue weighted by atomic mass is 10.00. The van der Waals surface area contributed by atoms with E-state index >= 15 is 0 Å². The van der Waals surface area contributed by atoms with Crippen molar-refractivity contribution in [2.75, 3.05) is 11.4 Å². The molecule has 0 saturated carbocycles. The third kappa shape index (κ3) is 2.47. The van der Waals surface area contributed by atoms with E-state index in [4.69, 9.17) is 18.0 Å². The van der Waals surface area contributed by atoms with E-state index in [1.165, 1.54) is 27.6 Å². The van der Waals surface area contributed by atoms with Crippen molar-refractivity contribution in [2.24, 2.45) is 0 Å². The number of nitrogens with zero attached hydrogens (tertiary/aromatic N) is 4. The van der Waals surface area contributed by atoms with Crippen LogP contribution in [0.2, 0.25) is 5.02 Å². The Balaban J connectivity index is 1.94. The average Bonchev–Trinajstić information content (AvgIpc) is 2.93. The van der Waals surface area contributed by atoms with Gasteiger partial charge < -0.3 is 4.90 Å². The maximum absolute atomic E-state index is 14.7. The summed E-state index contributed by atoms with van der Waals surface area (Å²) in [6.45, 7) is 0.0760. The molecule has 0 unspecified atom stereocenters. The molecule has 0 N–H and O–H groups in total. The van der Waals surface area contributed by atoms with E-state index < -0.39 is 11.5 Å². The molecule has 0 radical (unpaired) electrons. The Labute approximate surface area is 152 Å². The van der Waals surface area contributed by atoms with Crippen molar-refractivity contribution in [3.05, 3.63) is 57.3 Å². The topological polar surface area (TPSA) is 59.6 Å². The molecule has 0 saturated heterocycles. The van der Waals surface area contributed by atoms with Crippen LogP contribution in [-0.4, -0.2) is 26.6 Å². The number of terminal acetylenes is 1. The van der Waals surface area contributed by atoms with Crippen LogP contribution in [0.1, 0.15) is 12.0 Å². The highest BCUT2D eigenvalue weighted by Crippen LogP contribution is 2.31. The van der Waals surface area contributed by atoms with Gasteiger partial charge in [-0.1, -0.05) is 17.5 Å². The highest BCUT2D eigenvalue weighted by Gasteiger charge is 2.26. The van der Waals surface area contributed by atoms with E-state index in [9.17, 15) is 14.0 Å². The van der Waals surface area contributed by atoms with Crippen molar-refractivity contribution in [1.82, 2.24) is 14.2 Å². The number of aryl methyl sites for hydroxylation is 1. The normalized spacial score (nSPS) is 13.7. The van der Waals surface area contributed by atoms with Crippen molar-refractivity contribution in [1.29, 1.82) is 0 Å². The van der Waals surface area contributed by atoms with Gasteiger partial charge in [-0.25, -0.2) is 13.6 Å². The smallest absolute Gasteiger partial charge is 0.300 e. The summed E-state index contributed by atoms with van der Waals surface area (Å²) >= 11 is 5.91. The minimum Gasteiger partial charge on any atom is -0.300 e. The fourth-order valence-corrected chi connectivity index (χ4v) is 3.25. The molecular weight excluding hydrogens is 359 g/mol. The minimum atomic E-state index is -0.602. The SMILES string of the molecule is C#CCN1C(=O)CCc2cc(F)c(-n3nc4ccc(Cl)cn4c3=O)cc21. The first-order valence-corrected chi connectivity index (χ1v) is 8.21. The summed E-state index contributed by atoms with van der Waals surface area (Å²) in [6.07, 6.45) is 7.44.